The van der Waals surface area contributed by atoms with Crippen LogP contribution < -0.4 is 15.1 Å². The van der Waals surface area contributed by atoms with Gasteiger partial charge in [-0.05, 0) is 25.1 Å². The molecule has 2 aromatic rings. The number of rotatable bonds is 4. The van der Waals surface area contributed by atoms with Gasteiger partial charge in [0.05, 0.1) is 37.4 Å². The first kappa shape index (κ1) is 19.1. The van der Waals surface area contributed by atoms with Gasteiger partial charge in [0, 0.05) is 12.4 Å². The van der Waals surface area contributed by atoms with Crippen molar-refractivity contribution in [1.82, 2.24) is 9.97 Å². The molecule has 0 unspecified atom stereocenters. The molecular weight excluding hydrogens is 359 g/mol. The standard InChI is InChI=1S/C18H20F3N5O/c1-13(16(27)24-15-6-3-2-5-14(15)18(19,20)21)25-9-11-26(12-10-25)17-22-7-4-8-23-17/h2-8,13H,9-12H2,1H3,(H,24,27)/p+1/t13-/m0/s1. The number of aromatic nitrogens is 2. The third kappa shape index (κ3) is 4.54. The summed E-state index contributed by atoms with van der Waals surface area (Å²) >= 11 is 0. The van der Waals surface area contributed by atoms with Gasteiger partial charge >= 0.3 is 6.18 Å². The molecule has 9 heteroatoms. The molecule has 1 amide bonds. The van der Waals surface area contributed by atoms with Gasteiger partial charge in [0.1, 0.15) is 0 Å². The Morgan fingerprint density at radius 3 is 2.41 bits per heavy atom. The average molecular weight is 380 g/mol. The molecule has 1 aromatic carbocycles. The fraction of sp³-hybridized carbons (Fsp3) is 0.389. The highest BCUT2D eigenvalue weighted by molar-refractivity contribution is 5.94. The van der Waals surface area contributed by atoms with Gasteiger partial charge in [-0.25, -0.2) is 9.97 Å². The van der Waals surface area contributed by atoms with Crippen molar-refractivity contribution < 1.29 is 22.9 Å². The van der Waals surface area contributed by atoms with Gasteiger partial charge in [-0.3, -0.25) is 4.79 Å². The molecule has 0 bridgehead atoms. The molecule has 2 heterocycles. The number of amides is 1. The molecule has 1 aromatic heterocycles. The number of carbonyl (C=O) groups excluding carboxylic acids is 1. The van der Waals surface area contributed by atoms with Gasteiger partial charge in [-0.15, -0.1) is 0 Å². The van der Waals surface area contributed by atoms with Crippen LogP contribution in [0.4, 0.5) is 24.8 Å². The van der Waals surface area contributed by atoms with Crippen molar-refractivity contribution in [2.24, 2.45) is 0 Å². The number of para-hydroxylation sites is 1. The fourth-order valence-electron chi connectivity index (χ4n) is 3.15. The normalized spacial score (nSPS) is 16.8. The molecule has 0 spiro atoms. The van der Waals surface area contributed by atoms with Crippen LogP contribution in [-0.2, 0) is 11.0 Å². The van der Waals surface area contributed by atoms with Gasteiger partial charge in [0.25, 0.3) is 5.91 Å². The molecule has 144 valence electrons. The minimum absolute atomic E-state index is 0.211. The Morgan fingerprint density at radius 1 is 1.15 bits per heavy atom. The van der Waals surface area contributed by atoms with Crippen LogP contribution in [0.25, 0.3) is 0 Å². The molecule has 1 atom stereocenters. The molecular formula is C18H21F3N5O+. The summed E-state index contributed by atoms with van der Waals surface area (Å²) in [4.78, 5) is 24.0. The second-order valence-corrected chi connectivity index (χ2v) is 6.45. The lowest BCUT2D eigenvalue weighted by atomic mass is 10.1. The molecule has 2 N–H and O–H groups in total. The smallest absolute Gasteiger partial charge is 0.330 e. The summed E-state index contributed by atoms with van der Waals surface area (Å²) in [5.41, 5.74) is -1.05. The lowest BCUT2D eigenvalue weighted by Crippen LogP contribution is -3.19. The summed E-state index contributed by atoms with van der Waals surface area (Å²) in [5, 5.41) is 2.44. The summed E-state index contributed by atoms with van der Waals surface area (Å²) in [7, 11) is 0. The zero-order valence-electron chi connectivity index (χ0n) is 14.8. The highest BCUT2D eigenvalue weighted by Crippen LogP contribution is 2.34. The van der Waals surface area contributed by atoms with Gasteiger partial charge in [0.15, 0.2) is 6.04 Å². The molecule has 27 heavy (non-hydrogen) atoms. The van der Waals surface area contributed by atoms with Crippen molar-refractivity contribution in [1.29, 1.82) is 0 Å². The lowest BCUT2D eigenvalue weighted by Gasteiger charge is -2.34. The number of alkyl halides is 3. The summed E-state index contributed by atoms with van der Waals surface area (Å²) < 4.78 is 39.3. The first-order valence-corrected chi connectivity index (χ1v) is 8.70. The monoisotopic (exact) mass is 380 g/mol. The van der Waals surface area contributed by atoms with E-state index in [0.717, 1.165) is 11.0 Å². The molecule has 6 nitrogen and oxygen atoms in total. The van der Waals surface area contributed by atoms with Crippen LogP contribution in [0, 0.1) is 0 Å². The maximum atomic E-state index is 13.1. The Labute approximate surface area is 155 Å². The molecule has 1 aliphatic rings. The SMILES string of the molecule is C[C@@H](C(=O)Nc1ccccc1C(F)(F)F)[NH+]1CCN(c2ncccn2)CC1. The van der Waals surface area contributed by atoms with Crippen LogP contribution in [0.5, 0.6) is 0 Å². The quantitative estimate of drug-likeness (QED) is 0.838. The molecule has 1 saturated heterocycles. The topological polar surface area (TPSA) is 62.6 Å². The number of halogens is 3. The summed E-state index contributed by atoms with van der Waals surface area (Å²) in [5.74, 6) is 0.221. The average Bonchev–Trinajstić information content (AvgIpc) is 2.68. The Hall–Kier alpha value is -2.68. The Morgan fingerprint density at radius 2 is 1.78 bits per heavy atom. The number of anilines is 2. The second kappa shape index (κ2) is 7.91. The third-order valence-electron chi connectivity index (χ3n) is 4.74. The largest absolute Gasteiger partial charge is 0.418 e. The lowest BCUT2D eigenvalue weighted by molar-refractivity contribution is -0.914. The van der Waals surface area contributed by atoms with Crippen LogP contribution in [0.2, 0.25) is 0 Å². The van der Waals surface area contributed by atoms with E-state index in [-0.39, 0.29) is 5.69 Å². The number of carbonyl (C=O) groups is 1. The van der Waals surface area contributed by atoms with Crippen molar-refractivity contribution in [2.45, 2.75) is 19.1 Å². The Balaban J connectivity index is 1.61. The van der Waals surface area contributed by atoms with Gasteiger partial charge in [0.2, 0.25) is 5.95 Å². The van der Waals surface area contributed by atoms with Crippen LogP contribution in [-0.4, -0.2) is 48.1 Å². The van der Waals surface area contributed by atoms with E-state index in [9.17, 15) is 18.0 Å². The Bertz CT molecular complexity index is 776. The predicted molar refractivity (Wildman–Crippen MR) is 94.5 cm³/mol. The molecule has 0 radical (unpaired) electrons. The predicted octanol–water partition coefficient (Wildman–Crippen LogP) is 1.23. The van der Waals surface area contributed by atoms with Crippen LogP contribution in [0.3, 0.4) is 0 Å². The minimum atomic E-state index is -4.51. The molecule has 1 aliphatic heterocycles. The number of nitrogens with one attached hydrogen (secondary N) is 2. The van der Waals surface area contributed by atoms with E-state index in [2.05, 4.69) is 15.3 Å². The number of hydrogen-bond donors (Lipinski definition) is 2. The number of nitrogens with zero attached hydrogens (tertiary/aromatic N) is 3. The minimum Gasteiger partial charge on any atom is -0.330 e. The van der Waals surface area contributed by atoms with Crippen molar-refractivity contribution in [2.75, 3.05) is 36.4 Å². The van der Waals surface area contributed by atoms with Crippen LogP contribution in [0.1, 0.15) is 12.5 Å². The van der Waals surface area contributed by atoms with E-state index in [0.29, 0.717) is 32.1 Å². The van der Waals surface area contributed by atoms with Crippen molar-refractivity contribution >= 4 is 17.5 Å². The number of piperazine rings is 1. The number of quaternary nitrogens is 1. The van der Waals surface area contributed by atoms with E-state index in [1.807, 2.05) is 4.90 Å². The molecule has 3 rings (SSSR count). The van der Waals surface area contributed by atoms with Crippen LogP contribution in [0.15, 0.2) is 42.7 Å². The van der Waals surface area contributed by atoms with E-state index < -0.39 is 23.7 Å². The summed E-state index contributed by atoms with van der Waals surface area (Å²) in [6.07, 6.45) is -1.16. The summed E-state index contributed by atoms with van der Waals surface area (Å²) in [6, 6.07) is 6.29. The number of hydrogen-bond acceptors (Lipinski definition) is 4. The first-order chi connectivity index (χ1) is 12.9. The second-order valence-electron chi connectivity index (χ2n) is 6.45. The van der Waals surface area contributed by atoms with Gasteiger partial charge in [-0.1, -0.05) is 12.1 Å². The number of benzene rings is 1. The van der Waals surface area contributed by atoms with E-state index in [4.69, 9.17) is 0 Å². The van der Waals surface area contributed by atoms with Crippen molar-refractivity contribution in [3.05, 3.63) is 48.3 Å². The molecule has 0 saturated carbocycles. The zero-order valence-corrected chi connectivity index (χ0v) is 14.8. The highest BCUT2D eigenvalue weighted by atomic mass is 19.4. The zero-order chi connectivity index (χ0) is 19.4. The van der Waals surface area contributed by atoms with Crippen LogP contribution >= 0.6 is 0 Å². The molecule has 0 aliphatic carbocycles. The van der Waals surface area contributed by atoms with E-state index in [1.54, 1.807) is 25.4 Å². The molecule has 1 fully saturated rings. The summed E-state index contributed by atoms with van der Waals surface area (Å²) in [6.45, 7) is 4.43. The first-order valence-electron chi connectivity index (χ1n) is 8.70. The maximum absolute atomic E-state index is 13.1. The van der Waals surface area contributed by atoms with E-state index in [1.165, 1.54) is 18.2 Å². The van der Waals surface area contributed by atoms with Gasteiger partial charge in [-0.2, -0.15) is 13.2 Å². The van der Waals surface area contributed by atoms with E-state index >= 15 is 0 Å². The fourth-order valence-corrected chi connectivity index (χ4v) is 3.15. The Kier molecular flexibility index (Phi) is 5.59. The van der Waals surface area contributed by atoms with Crippen molar-refractivity contribution in [3.8, 4) is 0 Å². The highest BCUT2D eigenvalue weighted by Gasteiger charge is 2.35. The van der Waals surface area contributed by atoms with Gasteiger partial charge < -0.3 is 15.1 Å². The van der Waals surface area contributed by atoms with Crippen molar-refractivity contribution in [3.63, 3.8) is 0 Å². The maximum Gasteiger partial charge on any atom is 0.418 e. The third-order valence-corrected chi connectivity index (χ3v) is 4.74.